The molecule has 25 heavy (non-hydrogen) atoms. The quantitative estimate of drug-likeness (QED) is 0.267. The predicted octanol–water partition coefficient (Wildman–Crippen LogP) is 3.80. The van der Waals surface area contributed by atoms with Gasteiger partial charge < -0.3 is 0 Å². The third-order valence-electron chi connectivity index (χ3n) is 4.45. The van der Waals surface area contributed by atoms with Crippen LogP contribution < -0.4 is 15.4 Å². The summed E-state index contributed by atoms with van der Waals surface area (Å²) >= 11 is 0. The molecule has 0 bridgehead atoms. The molecular formula is C21H30N3O+. The molecule has 4 nitrogen and oxygen atoms in total. The van der Waals surface area contributed by atoms with Crippen molar-refractivity contribution >= 4 is 12.1 Å². The van der Waals surface area contributed by atoms with E-state index in [1.54, 1.807) is 0 Å². The van der Waals surface area contributed by atoms with Crippen LogP contribution in [-0.2, 0) is 24.2 Å². The van der Waals surface area contributed by atoms with Crippen molar-refractivity contribution in [3.63, 3.8) is 0 Å². The summed E-state index contributed by atoms with van der Waals surface area (Å²) in [5, 5.41) is 0. The largest absolute Gasteiger partial charge is 0.299 e. The van der Waals surface area contributed by atoms with E-state index < -0.39 is 0 Å². The van der Waals surface area contributed by atoms with Gasteiger partial charge in [-0.05, 0) is 36.5 Å². The molecule has 1 heterocycles. The number of aromatic nitrogens is 1. The van der Waals surface area contributed by atoms with Gasteiger partial charge in [-0.3, -0.25) is 15.6 Å². The van der Waals surface area contributed by atoms with Crippen LogP contribution in [0.1, 0.15) is 50.2 Å². The van der Waals surface area contributed by atoms with Crippen molar-refractivity contribution in [3.8, 4) is 0 Å². The SMILES string of the molecule is CCCCCCC[n+]1ccc(CCc2ccccc2NNC=O)cc1. The fourth-order valence-corrected chi connectivity index (χ4v) is 2.95. The first-order chi connectivity index (χ1) is 12.3. The Bertz CT molecular complexity index is 625. The minimum absolute atomic E-state index is 0.648. The molecular weight excluding hydrogens is 310 g/mol. The second-order valence-corrected chi connectivity index (χ2v) is 6.40. The zero-order chi connectivity index (χ0) is 17.7. The highest BCUT2D eigenvalue weighted by atomic mass is 16.1. The average Bonchev–Trinajstić information content (AvgIpc) is 2.66. The maximum atomic E-state index is 10.5. The van der Waals surface area contributed by atoms with Gasteiger partial charge in [0, 0.05) is 18.6 Å². The normalized spacial score (nSPS) is 10.4. The molecule has 0 aliphatic heterocycles. The lowest BCUT2D eigenvalue weighted by Crippen LogP contribution is -2.32. The van der Waals surface area contributed by atoms with Crippen LogP contribution in [0.4, 0.5) is 5.69 Å². The van der Waals surface area contributed by atoms with E-state index in [-0.39, 0.29) is 0 Å². The van der Waals surface area contributed by atoms with Crippen LogP contribution >= 0.6 is 0 Å². The minimum Gasteiger partial charge on any atom is -0.299 e. The molecule has 2 N–H and O–H groups in total. The number of rotatable bonds is 12. The smallest absolute Gasteiger partial charge is 0.225 e. The maximum Gasteiger partial charge on any atom is 0.225 e. The molecule has 2 rings (SSSR count). The van der Waals surface area contributed by atoms with Crippen molar-refractivity contribution in [2.24, 2.45) is 0 Å². The Labute approximate surface area is 151 Å². The van der Waals surface area contributed by atoms with E-state index in [4.69, 9.17) is 0 Å². The van der Waals surface area contributed by atoms with Gasteiger partial charge in [0.15, 0.2) is 12.4 Å². The fourth-order valence-electron chi connectivity index (χ4n) is 2.95. The number of carbonyl (C=O) groups is 1. The number of hydrogen-bond acceptors (Lipinski definition) is 2. The molecule has 2 aromatic rings. The first kappa shape index (κ1) is 19.0. The number of para-hydroxylation sites is 1. The van der Waals surface area contributed by atoms with E-state index in [9.17, 15) is 4.79 Å². The Hall–Kier alpha value is -2.36. The highest BCUT2D eigenvalue weighted by Gasteiger charge is 2.04. The maximum absolute atomic E-state index is 10.5. The topological polar surface area (TPSA) is 45.0 Å². The van der Waals surface area contributed by atoms with Gasteiger partial charge in [-0.2, -0.15) is 0 Å². The molecule has 1 aromatic carbocycles. The molecule has 0 saturated carbocycles. The number of unbranched alkanes of at least 4 members (excludes halogenated alkanes) is 4. The number of carbonyl (C=O) groups excluding carboxylic acids is 1. The second-order valence-electron chi connectivity index (χ2n) is 6.40. The number of hydrazine groups is 1. The van der Waals surface area contributed by atoms with Crippen LogP contribution in [0, 0.1) is 0 Å². The van der Waals surface area contributed by atoms with Crippen molar-refractivity contribution in [3.05, 3.63) is 59.9 Å². The summed E-state index contributed by atoms with van der Waals surface area (Å²) < 4.78 is 2.28. The van der Waals surface area contributed by atoms with Crippen molar-refractivity contribution in [1.82, 2.24) is 5.43 Å². The molecule has 0 fully saturated rings. The lowest BCUT2D eigenvalue weighted by atomic mass is 10.0. The summed E-state index contributed by atoms with van der Waals surface area (Å²) in [4.78, 5) is 10.5. The number of pyridine rings is 1. The molecule has 0 radical (unpaired) electrons. The van der Waals surface area contributed by atoms with Crippen LogP contribution in [-0.4, -0.2) is 6.41 Å². The Morgan fingerprint density at radius 2 is 1.72 bits per heavy atom. The number of nitrogens with zero attached hydrogens (tertiary/aromatic N) is 1. The summed E-state index contributed by atoms with van der Waals surface area (Å²) in [6, 6.07) is 12.5. The Morgan fingerprint density at radius 3 is 2.48 bits per heavy atom. The van der Waals surface area contributed by atoms with E-state index in [1.807, 2.05) is 18.2 Å². The molecule has 1 aromatic heterocycles. The van der Waals surface area contributed by atoms with Crippen molar-refractivity contribution in [1.29, 1.82) is 0 Å². The zero-order valence-electron chi connectivity index (χ0n) is 15.2. The van der Waals surface area contributed by atoms with Gasteiger partial charge in [0.2, 0.25) is 6.41 Å². The lowest BCUT2D eigenvalue weighted by molar-refractivity contribution is -0.697. The molecule has 0 aliphatic carbocycles. The first-order valence-corrected chi connectivity index (χ1v) is 9.34. The summed E-state index contributed by atoms with van der Waals surface area (Å²) in [6.45, 7) is 3.36. The first-order valence-electron chi connectivity index (χ1n) is 9.34. The summed E-state index contributed by atoms with van der Waals surface area (Å²) in [6.07, 6.45) is 13.5. The number of aryl methyl sites for hydroxylation is 3. The fraction of sp³-hybridized carbons (Fsp3) is 0.429. The van der Waals surface area contributed by atoms with Crippen LogP contribution in [0.2, 0.25) is 0 Å². The van der Waals surface area contributed by atoms with Gasteiger partial charge in [-0.1, -0.05) is 44.4 Å². The highest BCUT2D eigenvalue weighted by Crippen LogP contribution is 2.16. The van der Waals surface area contributed by atoms with Crippen LogP contribution in [0.25, 0.3) is 0 Å². The summed E-state index contributed by atoms with van der Waals surface area (Å²) in [5.41, 5.74) is 8.92. The van der Waals surface area contributed by atoms with E-state index in [0.717, 1.165) is 25.1 Å². The van der Waals surface area contributed by atoms with Crippen LogP contribution in [0.3, 0.4) is 0 Å². The van der Waals surface area contributed by atoms with Gasteiger partial charge in [0.25, 0.3) is 0 Å². The Balaban J connectivity index is 1.80. The summed E-state index contributed by atoms with van der Waals surface area (Å²) in [7, 11) is 0. The molecule has 4 heteroatoms. The summed E-state index contributed by atoms with van der Waals surface area (Å²) in [5.74, 6) is 0. The second kappa shape index (κ2) is 11.2. The number of nitrogens with one attached hydrogen (secondary N) is 2. The molecule has 0 saturated heterocycles. The van der Waals surface area contributed by atoms with Gasteiger partial charge in [-0.25, -0.2) is 4.57 Å². The van der Waals surface area contributed by atoms with Gasteiger partial charge in [-0.15, -0.1) is 0 Å². The monoisotopic (exact) mass is 340 g/mol. The average molecular weight is 340 g/mol. The van der Waals surface area contributed by atoms with E-state index in [0.29, 0.717) is 6.41 Å². The predicted molar refractivity (Wildman–Crippen MR) is 102 cm³/mol. The van der Waals surface area contributed by atoms with Crippen molar-refractivity contribution in [2.45, 2.75) is 58.4 Å². The number of hydrogen-bond donors (Lipinski definition) is 2. The van der Waals surface area contributed by atoms with E-state index >= 15 is 0 Å². The minimum atomic E-state index is 0.648. The Morgan fingerprint density at radius 1 is 0.960 bits per heavy atom. The molecule has 0 unspecified atom stereocenters. The number of anilines is 1. The molecule has 0 spiro atoms. The Kier molecular flexibility index (Phi) is 8.53. The highest BCUT2D eigenvalue weighted by molar-refractivity contribution is 5.56. The molecule has 0 atom stereocenters. The van der Waals surface area contributed by atoms with Gasteiger partial charge in [0.1, 0.15) is 6.54 Å². The molecule has 1 amide bonds. The number of benzene rings is 1. The zero-order valence-corrected chi connectivity index (χ0v) is 15.2. The molecule has 134 valence electrons. The van der Waals surface area contributed by atoms with Crippen molar-refractivity contribution < 1.29 is 9.36 Å². The lowest BCUT2D eigenvalue weighted by Gasteiger charge is -2.10. The third-order valence-corrected chi connectivity index (χ3v) is 4.45. The van der Waals surface area contributed by atoms with Crippen molar-refractivity contribution in [2.75, 3.05) is 5.43 Å². The van der Waals surface area contributed by atoms with Crippen LogP contribution in [0.5, 0.6) is 0 Å². The number of amides is 1. The third kappa shape index (κ3) is 6.96. The van der Waals surface area contributed by atoms with E-state index in [1.165, 1.54) is 43.2 Å². The van der Waals surface area contributed by atoms with Gasteiger partial charge in [0.05, 0.1) is 5.69 Å². The van der Waals surface area contributed by atoms with Gasteiger partial charge >= 0.3 is 0 Å². The molecule has 0 aliphatic rings. The van der Waals surface area contributed by atoms with Crippen LogP contribution in [0.15, 0.2) is 48.8 Å². The standard InChI is InChI=1S/C21H29N3O/c1-2-3-4-5-8-15-24-16-13-19(14-17-24)11-12-20-9-6-7-10-21(20)23-22-18-25/h6-7,9-10,13-14,16-18,23H,2-5,8,11-12,15H2,1H3/p+1. The van der Waals surface area contributed by atoms with E-state index in [2.05, 4.69) is 52.9 Å².